The van der Waals surface area contributed by atoms with Gasteiger partial charge in [0.25, 0.3) is 0 Å². The molecule has 2 aromatic carbocycles. The molecule has 0 bridgehead atoms. The molecule has 2 N–H and O–H groups in total. The molecule has 0 atom stereocenters. The average Bonchev–Trinajstić information content (AvgIpc) is 3.21. The van der Waals surface area contributed by atoms with E-state index in [1.807, 2.05) is 97.1 Å². The van der Waals surface area contributed by atoms with Crippen molar-refractivity contribution in [2.24, 2.45) is 0 Å². The fraction of sp³-hybridized carbons (Fsp3) is 0.311. The van der Waals surface area contributed by atoms with Crippen molar-refractivity contribution in [2.45, 2.75) is 40.8 Å². The maximum atomic E-state index is 12.5. The number of aromatic nitrogens is 3. The number of rotatable bonds is 20. The van der Waals surface area contributed by atoms with Crippen molar-refractivity contribution in [1.29, 1.82) is 0 Å². The normalized spacial score (nSPS) is 11.0. The lowest BCUT2D eigenvalue weighted by molar-refractivity contribution is -0.150. The number of carbonyl (C=O) groups excluding carboxylic acids is 4. The van der Waals surface area contributed by atoms with Crippen LogP contribution >= 0.6 is 0 Å². The van der Waals surface area contributed by atoms with Gasteiger partial charge in [-0.3, -0.25) is 29.0 Å². The third kappa shape index (κ3) is 13.3. The van der Waals surface area contributed by atoms with Crippen LogP contribution in [-0.2, 0) is 51.2 Å². The summed E-state index contributed by atoms with van der Waals surface area (Å²) in [7, 11) is 0. The Morgan fingerprint density at radius 2 is 0.797 bits per heavy atom. The number of pyridine rings is 3. The summed E-state index contributed by atoms with van der Waals surface area (Å²) >= 11 is 0. The van der Waals surface area contributed by atoms with Gasteiger partial charge in [0.2, 0.25) is 0 Å². The summed E-state index contributed by atoms with van der Waals surface area (Å²) in [6.45, 7) is 7.59. The van der Waals surface area contributed by atoms with Gasteiger partial charge < -0.3 is 24.7 Å². The van der Waals surface area contributed by atoms with Gasteiger partial charge >= 0.3 is 23.9 Å². The zero-order chi connectivity index (χ0) is 42.1. The highest BCUT2D eigenvalue weighted by Crippen LogP contribution is 2.31. The minimum absolute atomic E-state index is 0.123. The molecule has 0 saturated heterocycles. The first-order valence-electron chi connectivity index (χ1n) is 19.6. The van der Waals surface area contributed by atoms with Crippen molar-refractivity contribution in [3.8, 4) is 45.0 Å². The maximum absolute atomic E-state index is 12.5. The minimum Gasteiger partial charge on any atom is -0.465 e. The number of anilines is 1. The fourth-order valence-corrected chi connectivity index (χ4v) is 6.26. The molecule has 0 aliphatic carbocycles. The van der Waals surface area contributed by atoms with Gasteiger partial charge in [-0.1, -0.05) is 48.5 Å². The molecule has 0 aliphatic heterocycles. The SMILES string of the molecule is CCOC(=O)CN(CC(=O)OCC)Cc1cccc(-c2cc(-c3ccc(-c4ccc(N)cc4)cc3)cc(-c3cccc(CN(CC(=O)OCC)CC(=O)OCC)n3)n2)n1. The molecule has 308 valence electrons. The Bertz CT molecular complexity index is 2050. The second-order valence-electron chi connectivity index (χ2n) is 13.4. The second-order valence-corrected chi connectivity index (χ2v) is 13.4. The van der Waals surface area contributed by atoms with Gasteiger partial charge in [-0.15, -0.1) is 0 Å². The molecule has 3 aromatic heterocycles. The molecule has 0 saturated carbocycles. The lowest BCUT2D eigenvalue weighted by atomic mass is 9.99. The molecule has 3 heterocycles. The number of carbonyl (C=O) groups is 4. The summed E-state index contributed by atoms with van der Waals surface area (Å²) in [6, 6.07) is 30.8. The summed E-state index contributed by atoms with van der Waals surface area (Å²) in [4.78, 5) is 68.0. The number of esters is 4. The Morgan fingerprint density at radius 3 is 1.15 bits per heavy atom. The van der Waals surface area contributed by atoms with E-state index in [0.29, 0.717) is 39.9 Å². The third-order valence-electron chi connectivity index (χ3n) is 8.83. The van der Waals surface area contributed by atoms with Crippen molar-refractivity contribution in [2.75, 3.05) is 58.3 Å². The zero-order valence-electron chi connectivity index (χ0n) is 33.9. The van der Waals surface area contributed by atoms with E-state index in [-0.39, 0.29) is 65.7 Å². The molecule has 14 nitrogen and oxygen atoms in total. The summed E-state index contributed by atoms with van der Waals surface area (Å²) < 4.78 is 20.6. The molecule has 0 unspecified atom stereocenters. The molecule has 0 fully saturated rings. The number of nitrogen functional groups attached to an aromatic ring is 1. The van der Waals surface area contributed by atoms with Gasteiger partial charge in [-0.2, -0.15) is 0 Å². The van der Waals surface area contributed by atoms with Gasteiger partial charge in [0.05, 0.1) is 86.8 Å². The van der Waals surface area contributed by atoms with E-state index in [2.05, 4.69) is 0 Å². The Kier molecular flexibility index (Phi) is 16.2. The minimum atomic E-state index is -0.464. The topological polar surface area (TPSA) is 176 Å². The van der Waals surface area contributed by atoms with Gasteiger partial charge in [-0.05, 0) is 98.5 Å². The molecule has 59 heavy (non-hydrogen) atoms. The first-order chi connectivity index (χ1) is 28.6. The number of hydrogen-bond donors (Lipinski definition) is 1. The van der Waals surface area contributed by atoms with E-state index in [9.17, 15) is 19.2 Å². The van der Waals surface area contributed by atoms with Crippen LogP contribution in [0.15, 0.2) is 97.1 Å². The van der Waals surface area contributed by atoms with Crippen LogP contribution in [0.1, 0.15) is 39.1 Å². The van der Waals surface area contributed by atoms with Crippen molar-refractivity contribution >= 4 is 29.6 Å². The first kappa shape index (κ1) is 43.6. The largest absolute Gasteiger partial charge is 0.465 e. The van der Waals surface area contributed by atoms with Gasteiger partial charge in [0.15, 0.2) is 0 Å². The predicted molar refractivity (Wildman–Crippen MR) is 223 cm³/mol. The van der Waals surface area contributed by atoms with E-state index in [0.717, 1.165) is 22.3 Å². The number of ether oxygens (including phenoxy) is 4. The predicted octanol–water partition coefficient (Wildman–Crippen LogP) is 5.98. The van der Waals surface area contributed by atoms with E-state index >= 15 is 0 Å². The van der Waals surface area contributed by atoms with Crippen LogP contribution in [0.25, 0.3) is 45.0 Å². The first-order valence-corrected chi connectivity index (χ1v) is 19.6. The quantitative estimate of drug-likeness (QED) is 0.0553. The highest BCUT2D eigenvalue weighted by Gasteiger charge is 2.20. The molecule has 0 aliphatic rings. The number of benzene rings is 2. The highest BCUT2D eigenvalue weighted by atomic mass is 16.5. The van der Waals surface area contributed by atoms with Crippen molar-refractivity contribution in [3.63, 3.8) is 0 Å². The Labute approximate surface area is 344 Å². The fourth-order valence-electron chi connectivity index (χ4n) is 6.26. The van der Waals surface area contributed by atoms with Crippen molar-refractivity contribution in [3.05, 3.63) is 108 Å². The molecular formula is C45H50N6O8. The Balaban J connectivity index is 1.53. The van der Waals surface area contributed by atoms with E-state index in [4.69, 9.17) is 39.6 Å². The summed E-state index contributed by atoms with van der Waals surface area (Å²) in [5.41, 5.74) is 13.9. The molecule has 0 spiro atoms. The van der Waals surface area contributed by atoms with Crippen LogP contribution in [0.2, 0.25) is 0 Å². The monoisotopic (exact) mass is 802 g/mol. The van der Waals surface area contributed by atoms with Crippen molar-refractivity contribution in [1.82, 2.24) is 24.8 Å². The summed E-state index contributed by atoms with van der Waals surface area (Å²) in [5.74, 6) is -1.86. The number of nitrogens with two attached hydrogens (primary N) is 1. The number of hydrogen-bond acceptors (Lipinski definition) is 14. The van der Waals surface area contributed by atoms with Gasteiger partial charge in [0, 0.05) is 18.8 Å². The number of nitrogens with zero attached hydrogens (tertiary/aromatic N) is 5. The van der Waals surface area contributed by atoms with E-state index < -0.39 is 23.9 Å². The van der Waals surface area contributed by atoms with Crippen molar-refractivity contribution < 1.29 is 38.1 Å². The molecule has 5 rings (SSSR count). The van der Waals surface area contributed by atoms with Crippen LogP contribution in [0.5, 0.6) is 0 Å². The second kappa shape index (κ2) is 21.9. The van der Waals surface area contributed by atoms with Crippen LogP contribution in [0, 0.1) is 0 Å². The van der Waals surface area contributed by atoms with Crippen LogP contribution in [0.4, 0.5) is 5.69 Å². The smallest absolute Gasteiger partial charge is 0.320 e. The third-order valence-corrected chi connectivity index (χ3v) is 8.83. The summed E-state index contributed by atoms with van der Waals surface area (Å²) in [5, 5.41) is 0. The van der Waals surface area contributed by atoms with E-state index in [1.165, 1.54) is 0 Å². The Morgan fingerprint density at radius 1 is 0.458 bits per heavy atom. The average molecular weight is 803 g/mol. The van der Waals surface area contributed by atoms with Crippen LogP contribution < -0.4 is 5.73 Å². The zero-order valence-corrected chi connectivity index (χ0v) is 33.9. The Hall–Kier alpha value is -6.51. The highest BCUT2D eigenvalue weighted by molar-refractivity contribution is 5.78. The standard InChI is InChI=1S/C45H50N6O8/c1-5-56-42(52)27-50(28-43(53)57-6-2)25-36-11-9-13-38(47-36)40-23-34(33-17-15-31(16-18-33)32-19-21-35(46)22-20-32)24-41(49-40)39-14-10-12-37(48-39)26-51(29-44(54)58-7-3)30-45(55)59-8-4/h9-24H,5-8,25-30,46H2,1-4H3. The van der Waals surface area contributed by atoms with Gasteiger partial charge in [0.1, 0.15) is 0 Å². The molecule has 0 amide bonds. The van der Waals surface area contributed by atoms with Crippen LogP contribution in [0.3, 0.4) is 0 Å². The van der Waals surface area contributed by atoms with Gasteiger partial charge in [-0.25, -0.2) is 15.0 Å². The summed E-state index contributed by atoms with van der Waals surface area (Å²) in [6.07, 6.45) is 0. The molecule has 14 heteroatoms. The molecule has 5 aromatic rings. The van der Waals surface area contributed by atoms with E-state index in [1.54, 1.807) is 37.5 Å². The molecular weight excluding hydrogens is 753 g/mol. The molecule has 0 radical (unpaired) electrons. The van der Waals surface area contributed by atoms with Crippen LogP contribution in [-0.4, -0.2) is 101 Å². The lowest BCUT2D eigenvalue weighted by Crippen LogP contribution is -2.36. The maximum Gasteiger partial charge on any atom is 0.320 e. The lowest BCUT2D eigenvalue weighted by Gasteiger charge is -2.20.